The van der Waals surface area contributed by atoms with E-state index >= 15 is 0 Å². The van der Waals surface area contributed by atoms with Gasteiger partial charge in [0.1, 0.15) is 0 Å². The van der Waals surface area contributed by atoms with Crippen LogP contribution in [-0.4, -0.2) is 11.5 Å². The van der Waals surface area contributed by atoms with Gasteiger partial charge in [-0.1, -0.05) is 28.1 Å². The van der Waals surface area contributed by atoms with Crippen LogP contribution < -0.4 is 0 Å². The van der Waals surface area contributed by atoms with Gasteiger partial charge in [-0.2, -0.15) is 11.8 Å². The minimum Gasteiger partial charge on any atom is -0.162 e. The van der Waals surface area contributed by atoms with Gasteiger partial charge >= 0.3 is 0 Å². The van der Waals surface area contributed by atoms with E-state index in [1.807, 2.05) is 0 Å². The van der Waals surface area contributed by atoms with E-state index in [4.69, 9.17) is 0 Å². The molecule has 0 nitrogen and oxygen atoms in total. The Hall–Kier alpha value is 0.0500. The van der Waals surface area contributed by atoms with Crippen LogP contribution in [0.3, 0.4) is 0 Å². The van der Waals surface area contributed by atoms with Gasteiger partial charge < -0.3 is 0 Å². The Morgan fingerprint density at radius 2 is 2.08 bits per heavy atom. The standard InChI is InChI=1S/C11H13BrS/c12-11-3-1-9(2-4-11)7-10-5-6-13-8-10/h1-4,10H,5-8H2. The Morgan fingerprint density at radius 1 is 1.31 bits per heavy atom. The number of hydrogen-bond donors (Lipinski definition) is 0. The summed E-state index contributed by atoms with van der Waals surface area (Å²) in [5.74, 6) is 3.64. The number of hydrogen-bond acceptors (Lipinski definition) is 1. The second kappa shape index (κ2) is 4.52. The zero-order valence-corrected chi connectivity index (χ0v) is 9.90. The van der Waals surface area contributed by atoms with Crippen LogP contribution in [0.25, 0.3) is 0 Å². The third-order valence-electron chi connectivity index (χ3n) is 2.46. The van der Waals surface area contributed by atoms with Crippen molar-refractivity contribution in [1.29, 1.82) is 0 Å². The van der Waals surface area contributed by atoms with Gasteiger partial charge in [0.2, 0.25) is 0 Å². The Labute approximate surface area is 92.2 Å². The molecule has 0 spiro atoms. The molecule has 1 atom stereocenters. The van der Waals surface area contributed by atoms with E-state index in [1.165, 1.54) is 34.4 Å². The Balaban J connectivity index is 1.97. The fourth-order valence-electron chi connectivity index (χ4n) is 1.70. The highest BCUT2D eigenvalue weighted by atomic mass is 79.9. The third-order valence-corrected chi connectivity index (χ3v) is 4.22. The quantitative estimate of drug-likeness (QED) is 0.777. The minimum atomic E-state index is 0.922. The molecule has 1 aliphatic rings. The lowest BCUT2D eigenvalue weighted by atomic mass is 9.99. The van der Waals surface area contributed by atoms with Crippen molar-refractivity contribution in [2.75, 3.05) is 11.5 Å². The molecule has 0 radical (unpaired) electrons. The summed E-state index contributed by atoms with van der Waals surface area (Å²) >= 11 is 5.55. The molecule has 1 aromatic rings. The lowest BCUT2D eigenvalue weighted by Crippen LogP contribution is -2.01. The van der Waals surface area contributed by atoms with Crippen molar-refractivity contribution in [2.45, 2.75) is 12.8 Å². The molecule has 0 saturated carbocycles. The van der Waals surface area contributed by atoms with Crippen LogP contribution in [0.5, 0.6) is 0 Å². The minimum absolute atomic E-state index is 0.922. The van der Waals surface area contributed by atoms with Crippen molar-refractivity contribution in [2.24, 2.45) is 5.92 Å². The van der Waals surface area contributed by atoms with Gasteiger partial charge in [-0.3, -0.25) is 0 Å². The summed E-state index contributed by atoms with van der Waals surface area (Å²) in [5, 5.41) is 0. The summed E-state index contributed by atoms with van der Waals surface area (Å²) in [5.41, 5.74) is 1.48. The zero-order chi connectivity index (χ0) is 9.10. The molecular weight excluding hydrogens is 244 g/mol. The predicted molar refractivity (Wildman–Crippen MR) is 63.3 cm³/mol. The van der Waals surface area contributed by atoms with E-state index < -0.39 is 0 Å². The zero-order valence-electron chi connectivity index (χ0n) is 7.50. The maximum atomic E-state index is 3.45. The summed E-state index contributed by atoms with van der Waals surface area (Å²) in [4.78, 5) is 0. The van der Waals surface area contributed by atoms with E-state index in [0.717, 1.165) is 5.92 Å². The van der Waals surface area contributed by atoms with Crippen molar-refractivity contribution >= 4 is 27.7 Å². The lowest BCUT2D eigenvalue weighted by molar-refractivity contribution is 0.596. The number of rotatable bonds is 2. The van der Waals surface area contributed by atoms with Gasteiger partial charge in [-0.05, 0) is 48.0 Å². The number of benzene rings is 1. The lowest BCUT2D eigenvalue weighted by Gasteiger charge is -2.07. The van der Waals surface area contributed by atoms with Gasteiger partial charge in [0.05, 0.1) is 0 Å². The van der Waals surface area contributed by atoms with Gasteiger partial charge in [-0.25, -0.2) is 0 Å². The third kappa shape index (κ3) is 2.75. The van der Waals surface area contributed by atoms with Crippen molar-refractivity contribution in [3.05, 3.63) is 34.3 Å². The first kappa shape index (κ1) is 9.60. The molecule has 2 heteroatoms. The highest BCUT2D eigenvalue weighted by Crippen LogP contribution is 2.26. The maximum Gasteiger partial charge on any atom is 0.0175 e. The molecule has 1 saturated heterocycles. The first-order chi connectivity index (χ1) is 6.34. The average Bonchev–Trinajstić information content (AvgIpc) is 2.62. The first-order valence-electron chi connectivity index (χ1n) is 4.67. The van der Waals surface area contributed by atoms with Crippen LogP contribution in [0.4, 0.5) is 0 Å². The fraction of sp³-hybridized carbons (Fsp3) is 0.455. The van der Waals surface area contributed by atoms with Crippen molar-refractivity contribution < 1.29 is 0 Å². The molecule has 0 aliphatic carbocycles. The maximum absolute atomic E-state index is 3.45. The van der Waals surface area contributed by atoms with Gasteiger partial charge in [0.25, 0.3) is 0 Å². The molecule has 0 aromatic heterocycles. The van der Waals surface area contributed by atoms with Crippen LogP contribution in [0.1, 0.15) is 12.0 Å². The monoisotopic (exact) mass is 256 g/mol. The topological polar surface area (TPSA) is 0 Å². The summed E-state index contributed by atoms with van der Waals surface area (Å²) in [6.45, 7) is 0. The Kier molecular flexibility index (Phi) is 3.33. The smallest absolute Gasteiger partial charge is 0.0175 e. The van der Waals surface area contributed by atoms with Crippen LogP contribution in [0.2, 0.25) is 0 Å². The highest BCUT2D eigenvalue weighted by Gasteiger charge is 2.15. The van der Waals surface area contributed by atoms with Crippen molar-refractivity contribution in [3.63, 3.8) is 0 Å². The molecule has 1 fully saturated rings. The molecule has 1 aliphatic heterocycles. The van der Waals surface area contributed by atoms with Crippen LogP contribution in [0, 0.1) is 5.92 Å². The van der Waals surface area contributed by atoms with E-state index in [0.29, 0.717) is 0 Å². The molecule has 2 rings (SSSR count). The molecule has 13 heavy (non-hydrogen) atoms. The van der Waals surface area contributed by atoms with Crippen LogP contribution >= 0.6 is 27.7 Å². The summed E-state index contributed by atoms with van der Waals surface area (Å²) in [7, 11) is 0. The Bertz CT molecular complexity index is 262. The predicted octanol–water partition coefficient (Wildman–Crippen LogP) is 3.74. The normalized spacial score (nSPS) is 22.1. The molecule has 1 unspecified atom stereocenters. The molecule has 0 amide bonds. The fourth-order valence-corrected chi connectivity index (χ4v) is 3.25. The first-order valence-corrected chi connectivity index (χ1v) is 6.61. The SMILES string of the molecule is Brc1ccc(CC2CCSC2)cc1. The van der Waals surface area contributed by atoms with Crippen LogP contribution in [0.15, 0.2) is 28.7 Å². The van der Waals surface area contributed by atoms with E-state index in [1.54, 1.807) is 0 Å². The van der Waals surface area contributed by atoms with Gasteiger partial charge in [-0.15, -0.1) is 0 Å². The van der Waals surface area contributed by atoms with Crippen molar-refractivity contribution in [1.82, 2.24) is 0 Å². The van der Waals surface area contributed by atoms with E-state index in [-0.39, 0.29) is 0 Å². The largest absolute Gasteiger partial charge is 0.162 e. The van der Waals surface area contributed by atoms with E-state index in [9.17, 15) is 0 Å². The Morgan fingerprint density at radius 3 is 2.69 bits per heavy atom. The average molecular weight is 257 g/mol. The summed E-state index contributed by atoms with van der Waals surface area (Å²) < 4.78 is 1.18. The van der Waals surface area contributed by atoms with Crippen LogP contribution in [-0.2, 0) is 6.42 Å². The van der Waals surface area contributed by atoms with Gasteiger partial charge in [0, 0.05) is 4.47 Å². The molecule has 1 aromatic carbocycles. The second-order valence-electron chi connectivity index (χ2n) is 3.56. The number of thioether (sulfide) groups is 1. The van der Waals surface area contributed by atoms with Crippen molar-refractivity contribution in [3.8, 4) is 0 Å². The molecule has 1 heterocycles. The van der Waals surface area contributed by atoms with E-state index in [2.05, 4.69) is 52.0 Å². The molecule has 70 valence electrons. The summed E-state index contributed by atoms with van der Waals surface area (Å²) in [6.07, 6.45) is 2.67. The number of halogens is 1. The molecule has 0 bridgehead atoms. The van der Waals surface area contributed by atoms with Gasteiger partial charge in [0.15, 0.2) is 0 Å². The highest BCUT2D eigenvalue weighted by molar-refractivity contribution is 9.10. The second-order valence-corrected chi connectivity index (χ2v) is 5.63. The molecule has 0 N–H and O–H groups in total. The molecular formula is C11H13BrS. The summed E-state index contributed by atoms with van der Waals surface area (Å²) in [6, 6.07) is 8.73.